The van der Waals surface area contributed by atoms with Gasteiger partial charge in [-0.05, 0) is 30.7 Å². The van der Waals surface area contributed by atoms with Gasteiger partial charge in [-0.15, -0.1) is 0 Å². The summed E-state index contributed by atoms with van der Waals surface area (Å²) in [6.45, 7) is 2.79. The minimum Gasteiger partial charge on any atom is -0.341 e. The largest absolute Gasteiger partial charge is 0.341 e. The Balaban J connectivity index is 1.48. The van der Waals surface area contributed by atoms with Crippen LogP contribution < -0.4 is 4.90 Å². The molecule has 0 saturated carbocycles. The molecule has 1 aromatic carbocycles. The highest BCUT2D eigenvalue weighted by Gasteiger charge is 2.23. The number of rotatable bonds is 3. The summed E-state index contributed by atoms with van der Waals surface area (Å²) < 4.78 is 16.0. The van der Waals surface area contributed by atoms with Crippen molar-refractivity contribution in [2.75, 3.05) is 31.1 Å². The van der Waals surface area contributed by atoms with Gasteiger partial charge >= 0.3 is 0 Å². The van der Waals surface area contributed by atoms with Crippen molar-refractivity contribution in [1.82, 2.24) is 19.4 Å². The number of aromatic nitrogens is 3. The van der Waals surface area contributed by atoms with Gasteiger partial charge in [0.1, 0.15) is 5.52 Å². The number of benzene rings is 1. The Morgan fingerprint density at radius 1 is 1.11 bits per heavy atom. The van der Waals surface area contributed by atoms with Gasteiger partial charge in [-0.1, -0.05) is 12.1 Å². The maximum atomic E-state index is 14.0. The van der Waals surface area contributed by atoms with Gasteiger partial charge in [-0.2, -0.15) is 0 Å². The standard InChI is InChI=1S/C20H22FN5O/c1-24-17-8-4-7-16(21)19(17)23-20(24)26-11-5-10-25(12-13-26)18(27)14-15-6-2-3-9-22-15/h2-4,6-9H,5,10-14H2,1H3. The third-order valence-corrected chi connectivity index (χ3v) is 5.03. The summed E-state index contributed by atoms with van der Waals surface area (Å²) in [5.41, 5.74) is 1.95. The zero-order chi connectivity index (χ0) is 18.8. The summed E-state index contributed by atoms with van der Waals surface area (Å²) >= 11 is 0. The predicted octanol–water partition coefficient (Wildman–Crippen LogP) is 2.39. The van der Waals surface area contributed by atoms with E-state index < -0.39 is 0 Å². The Kier molecular flexibility index (Phi) is 4.75. The molecular formula is C20H22FN5O. The summed E-state index contributed by atoms with van der Waals surface area (Å²) in [6, 6.07) is 10.6. The van der Waals surface area contributed by atoms with E-state index in [1.165, 1.54) is 6.07 Å². The number of carbonyl (C=O) groups excluding carboxylic acids is 1. The van der Waals surface area contributed by atoms with Crippen molar-refractivity contribution in [3.05, 3.63) is 54.1 Å². The highest BCUT2D eigenvalue weighted by Crippen LogP contribution is 2.24. The number of aryl methyl sites for hydroxylation is 1. The molecule has 3 heterocycles. The lowest BCUT2D eigenvalue weighted by Gasteiger charge is -2.23. The molecule has 1 fully saturated rings. The van der Waals surface area contributed by atoms with Gasteiger partial charge in [-0.3, -0.25) is 9.78 Å². The van der Waals surface area contributed by atoms with E-state index >= 15 is 0 Å². The van der Waals surface area contributed by atoms with E-state index in [2.05, 4.69) is 14.9 Å². The molecule has 1 aliphatic heterocycles. The molecule has 0 aliphatic carbocycles. The third kappa shape index (κ3) is 3.49. The van der Waals surface area contributed by atoms with Crippen LogP contribution >= 0.6 is 0 Å². The topological polar surface area (TPSA) is 54.3 Å². The van der Waals surface area contributed by atoms with Crippen molar-refractivity contribution in [3.63, 3.8) is 0 Å². The van der Waals surface area contributed by atoms with Crippen LogP contribution in [0.25, 0.3) is 11.0 Å². The van der Waals surface area contributed by atoms with Crippen molar-refractivity contribution < 1.29 is 9.18 Å². The molecule has 140 valence electrons. The monoisotopic (exact) mass is 367 g/mol. The maximum absolute atomic E-state index is 14.0. The molecule has 1 aliphatic rings. The summed E-state index contributed by atoms with van der Waals surface area (Å²) in [7, 11) is 1.90. The summed E-state index contributed by atoms with van der Waals surface area (Å²) in [5.74, 6) is 0.525. The molecule has 3 aromatic rings. The zero-order valence-corrected chi connectivity index (χ0v) is 15.3. The van der Waals surface area contributed by atoms with Crippen LogP contribution in [-0.2, 0) is 18.3 Å². The number of hydrogen-bond acceptors (Lipinski definition) is 4. The van der Waals surface area contributed by atoms with Gasteiger partial charge in [-0.25, -0.2) is 9.37 Å². The molecule has 0 unspecified atom stereocenters. The third-order valence-electron chi connectivity index (χ3n) is 5.03. The number of pyridine rings is 1. The quantitative estimate of drug-likeness (QED) is 0.713. The molecule has 1 amide bonds. The van der Waals surface area contributed by atoms with Crippen molar-refractivity contribution in [3.8, 4) is 0 Å². The van der Waals surface area contributed by atoms with Crippen molar-refractivity contribution >= 4 is 22.9 Å². The van der Waals surface area contributed by atoms with Gasteiger partial charge in [0, 0.05) is 45.1 Å². The van der Waals surface area contributed by atoms with Crippen LogP contribution in [0.1, 0.15) is 12.1 Å². The van der Waals surface area contributed by atoms with Gasteiger partial charge < -0.3 is 14.4 Å². The van der Waals surface area contributed by atoms with Crippen molar-refractivity contribution in [2.45, 2.75) is 12.8 Å². The number of hydrogen-bond donors (Lipinski definition) is 0. The van der Waals surface area contributed by atoms with Gasteiger partial charge in [0.2, 0.25) is 11.9 Å². The van der Waals surface area contributed by atoms with E-state index in [0.29, 0.717) is 31.6 Å². The molecule has 0 bridgehead atoms. The maximum Gasteiger partial charge on any atom is 0.228 e. The Hall–Kier alpha value is -2.96. The first kappa shape index (κ1) is 17.5. The van der Waals surface area contributed by atoms with E-state index in [4.69, 9.17) is 0 Å². The average molecular weight is 367 g/mol. The SMILES string of the molecule is Cn1c(N2CCCN(C(=O)Cc3ccccn3)CC2)nc2c(F)cccc21. The number of para-hydroxylation sites is 1. The molecule has 0 spiro atoms. The zero-order valence-electron chi connectivity index (χ0n) is 15.3. The average Bonchev–Trinajstić information content (AvgIpc) is 2.86. The highest BCUT2D eigenvalue weighted by molar-refractivity contribution is 5.80. The fourth-order valence-electron chi connectivity index (χ4n) is 3.59. The fourth-order valence-corrected chi connectivity index (χ4v) is 3.59. The Bertz CT molecular complexity index is 956. The normalized spacial score (nSPS) is 15.2. The van der Waals surface area contributed by atoms with Crippen molar-refractivity contribution in [2.24, 2.45) is 7.05 Å². The first-order valence-corrected chi connectivity index (χ1v) is 9.17. The first-order chi connectivity index (χ1) is 13.1. The van der Waals surface area contributed by atoms with Crippen LogP contribution in [0, 0.1) is 5.82 Å². The number of imidazole rings is 1. The summed E-state index contributed by atoms with van der Waals surface area (Å²) in [6.07, 6.45) is 2.87. The number of amides is 1. The molecule has 27 heavy (non-hydrogen) atoms. The second-order valence-electron chi connectivity index (χ2n) is 6.80. The molecule has 7 heteroatoms. The lowest BCUT2D eigenvalue weighted by molar-refractivity contribution is -0.130. The molecule has 0 N–H and O–H groups in total. The van der Waals surface area contributed by atoms with Crippen LogP contribution in [0.4, 0.5) is 10.3 Å². The molecule has 1 saturated heterocycles. The predicted molar refractivity (Wildman–Crippen MR) is 102 cm³/mol. The smallest absolute Gasteiger partial charge is 0.228 e. The second kappa shape index (κ2) is 7.34. The van der Waals surface area contributed by atoms with Gasteiger partial charge in [0.25, 0.3) is 0 Å². The lowest BCUT2D eigenvalue weighted by Crippen LogP contribution is -2.36. The number of anilines is 1. The number of nitrogens with zero attached hydrogens (tertiary/aromatic N) is 5. The Morgan fingerprint density at radius 3 is 2.78 bits per heavy atom. The molecule has 0 radical (unpaired) electrons. The summed E-state index contributed by atoms with van der Waals surface area (Å²) in [4.78, 5) is 25.4. The van der Waals surface area contributed by atoms with Gasteiger partial charge in [0.15, 0.2) is 5.82 Å². The highest BCUT2D eigenvalue weighted by atomic mass is 19.1. The number of carbonyl (C=O) groups is 1. The minimum atomic E-state index is -0.309. The number of fused-ring (bicyclic) bond motifs is 1. The molecule has 4 rings (SSSR count). The molecule has 6 nitrogen and oxygen atoms in total. The van der Waals surface area contributed by atoms with E-state index in [-0.39, 0.29) is 11.7 Å². The van der Waals surface area contributed by atoms with Crippen molar-refractivity contribution in [1.29, 1.82) is 0 Å². The Labute approximate surface area is 157 Å². The first-order valence-electron chi connectivity index (χ1n) is 9.17. The van der Waals surface area contributed by atoms with Crippen LogP contribution in [0.15, 0.2) is 42.6 Å². The molecule has 2 aromatic heterocycles. The second-order valence-corrected chi connectivity index (χ2v) is 6.80. The number of halogens is 1. The van der Waals surface area contributed by atoms with E-state index in [0.717, 1.165) is 30.1 Å². The molecular weight excluding hydrogens is 345 g/mol. The van der Waals surface area contributed by atoms with E-state index in [1.807, 2.05) is 40.8 Å². The van der Waals surface area contributed by atoms with Gasteiger partial charge in [0.05, 0.1) is 11.9 Å². The summed E-state index contributed by atoms with van der Waals surface area (Å²) in [5, 5.41) is 0. The lowest BCUT2D eigenvalue weighted by atomic mass is 10.2. The molecule has 0 atom stereocenters. The minimum absolute atomic E-state index is 0.0894. The van der Waals surface area contributed by atoms with Crippen LogP contribution in [0.5, 0.6) is 0 Å². The van der Waals surface area contributed by atoms with Crippen LogP contribution in [0.2, 0.25) is 0 Å². The Morgan fingerprint density at radius 2 is 2.00 bits per heavy atom. The van der Waals surface area contributed by atoms with Crippen LogP contribution in [-0.4, -0.2) is 51.5 Å². The fraction of sp³-hybridized carbons (Fsp3) is 0.350. The van der Waals surface area contributed by atoms with E-state index in [1.54, 1.807) is 12.3 Å². The van der Waals surface area contributed by atoms with Crippen LogP contribution in [0.3, 0.4) is 0 Å². The van der Waals surface area contributed by atoms with E-state index in [9.17, 15) is 9.18 Å².